The average Bonchev–Trinajstić information content (AvgIpc) is 2.90. The molecule has 0 bridgehead atoms. The van der Waals surface area contributed by atoms with E-state index in [1.54, 1.807) is 23.9 Å². The maximum absolute atomic E-state index is 6.01. The predicted octanol–water partition coefficient (Wildman–Crippen LogP) is 3.14. The Kier molecular flexibility index (Phi) is 4.01. The Bertz CT molecular complexity index is 564. The van der Waals surface area contributed by atoms with E-state index in [9.17, 15) is 0 Å². The normalized spacial score (nSPS) is 19.1. The van der Waals surface area contributed by atoms with Gasteiger partial charge in [0, 0.05) is 29.9 Å². The Morgan fingerprint density at radius 3 is 2.55 bits per heavy atom. The van der Waals surface area contributed by atoms with Crippen molar-refractivity contribution >= 4 is 22.9 Å². The molecule has 1 aliphatic rings. The van der Waals surface area contributed by atoms with Gasteiger partial charge in [0.15, 0.2) is 0 Å². The number of piperidine rings is 1. The number of thiazole rings is 1. The maximum Gasteiger partial charge on any atom is 0.115 e. The van der Waals surface area contributed by atoms with Gasteiger partial charge in [-0.2, -0.15) is 0 Å². The Morgan fingerprint density at radius 1 is 1.25 bits per heavy atom. The Morgan fingerprint density at radius 2 is 1.95 bits per heavy atom. The molecule has 6 heteroatoms. The fraction of sp³-hybridized carbons (Fsp3) is 0.500. The van der Waals surface area contributed by atoms with E-state index < -0.39 is 0 Å². The van der Waals surface area contributed by atoms with Crippen LogP contribution >= 0.6 is 22.9 Å². The third kappa shape index (κ3) is 3.00. The summed E-state index contributed by atoms with van der Waals surface area (Å²) in [6.45, 7) is 5.37. The highest BCUT2D eigenvalue weighted by atomic mass is 35.5. The minimum atomic E-state index is 0.168. The summed E-state index contributed by atoms with van der Waals surface area (Å²) in [7, 11) is 0. The maximum atomic E-state index is 6.01. The van der Waals surface area contributed by atoms with Gasteiger partial charge in [0.1, 0.15) is 10.7 Å². The zero-order valence-corrected chi connectivity index (χ0v) is 13.0. The van der Waals surface area contributed by atoms with Crippen molar-refractivity contribution in [1.29, 1.82) is 0 Å². The summed E-state index contributed by atoms with van der Waals surface area (Å²) in [5, 5.41) is 1.17. The van der Waals surface area contributed by atoms with Crippen LogP contribution in [-0.2, 0) is 12.0 Å². The van der Waals surface area contributed by atoms with Crippen molar-refractivity contribution in [2.24, 2.45) is 0 Å². The van der Waals surface area contributed by atoms with E-state index in [1.165, 1.54) is 10.6 Å². The van der Waals surface area contributed by atoms with E-state index in [-0.39, 0.29) is 5.41 Å². The van der Waals surface area contributed by atoms with E-state index in [4.69, 9.17) is 11.6 Å². The third-order valence-corrected chi connectivity index (χ3v) is 5.39. The molecule has 3 rings (SSSR count). The molecule has 0 amide bonds. The zero-order chi connectivity index (χ0) is 14.0. The molecule has 20 heavy (non-hydrogen) atoms. The molecule has 0 aromatic carbocycles. The molecule has 2 aromatic rings. The van der Waals surface area contributed by atoms with Crippen molar-refractivity contribution in [2.45, 2.75) is 31.7 Å². The van der Waals surface area contributed by atoms with Crippen molar-refractivity contribution in [3.63, 3.8) is 0 Å². The summed E-state index contributed by atoms with van der Waals surface area (Å²) in [4.78, 5) is 15.1. The fourth-order valence-electron chi connectivity index (χ4n) is 2.62. The number of nitrogens with zero attached hydrogens (tertiary/aromatic N) is 4. The SMILES string of the molecule is CC1(c2ncc(Cl)s2)CCN(Cc2cncnc2)CC1. The van der Waals surface area contributed by atoms with Crippen LogP contribution in [0.25, 0.3) is 0 Å². The molecule has 0 spiro atoms. The van der Waals surface area contributed by atoms with E-state index in [2.05, 4.69) is 26.8 Å². The van der Waals surface area contributed by atoms with Crippen LogP contribution in [0, 0.1) is 0 Å². The van der Waals surface area contributed by atoms with E-state index in [0.29, 0.717) is 0 Å². The Balaban J connectivity index is 1.62. The monoisotopic (exact) mass is 308 g/mol. The lowest BCUT2D eigenvalue weighted by Crippen LogP contribution is -2.40. The highest BCUT2D eigenvalue weighted by molar-refractivity contribution is 7.15. The second-order valence-corrected chi connectivity index (χ2v) is 7.22. The van der Waals surface area contributed by atoms with Gasteiger partial charge in [0.25, 0.3) is 0 Å². The minimum absolute atomic E-state index is 0.168. The first kappa shape index (κ1) is 13.9. The number of hydrogen-bond acceptors (Lipinski definition) is 5. The quantitative estimate of drug-likeness (QED) is 0.873. The predicted molar refractivity (Wildman–Crippen MR) is 81.0 cm³/mol. The first-order valence-electron chi connectivity index (χ1n) is 6.74. The summed E-state index contributed by atoms with van der Waals surface area (Å²) in [6, 6.07) is 0. The molecule has 1 fully saturated rings. The van der Waals surface area contributed by atoms with Crippen molar-refractivity contribution in [3.8, 4) is 0 Å². The number of hydrogen-bond donors (Lipinski definition) is 0. The van der Waals surface area contributed by atoms with Gasteiger partial charge in [-0.15, -0.1) is 11.3 Å². The van der Waals surface area contributed by atoms with Gasteiger partial charge in [-0.3, -0.25) is 4.90 Å². The van der Waals surface area contributed by atoms with Crippen LogP contribution in [0.5, 0.6) is 0 Å². The summed E-state index contributed by atoms with van der Waals surface area (Å²) in [5.74, 6) is 0. The van der Waals surface area contributed by atoms with Crippen LogP contribution in [-0.4, -0.2) is 32.9 Å². The summed E-state index contributed by atoms with van der Waals surface area (Å²) in [5.41, 5.74) is 1.34. The molecule has 0 saturated carbocycles. The molecule has 2 aromatic heterocycles. The first-order chi connectivity index (χ1) is 9.66. The molecule has 0 radical (unpaired) electrons. The fourth-order valence-corrected chi connectivity index (χ4v) is 3.74. The summed E-state index contributed by atoms with van der Waals surface area (Å²) < 4.78 is 0.782. The molecular weight excluding hydrogens is 292 g/mol. The molecule has 4 nitrogen and oxygen atoms in total. The van der Waals surface area contributed by atoms with Crippen LogP contribution < -0.4 is 0 Å². The van der Waals surface area contributed by atoms with Crippen molar-refractivity contribution in [3.05, 3.63) is 39.8 Å². The number of rotatable bonds is 3. The van der Waals surface area contributed by atoms with Gasteiger partial charge in [-0.25, -0.2) is 15.0 Å². The molecule has 0 atom stereocenters. The van der Waals surface area contributed by atoms with Crippen LogP contribution in [0.3, 0.4) is 0 Å². The van der Waals surface area contributed by atoms with Crippen molar-refractivity contribution < 1.29 is 0 Å². The Hall–Kier alpha value is -1.04. The third-order valence-electron chi connectivity index (χ3n) is 3.97. The number of aromatic nitrogens is 3. The summed E-state index contributed by atoms with van der Waals surface area (Å²) >= 11 is 7.62. The second kappa shape index (κ2) is 5.76. The van der Waals surface area contributed by atoms with Gasteiger partial charge in [-0.05, 0) is 25.9 Å². The van der Waals surface area contributed by atoms with Gasteiger partial charge in [0.2, 0.25) is 0 Å². The lowest BCUT2D eigenvalue weighted by Gasteiger charge is -2.38. The highest BCUT2D eigenvalue weighted by Crippen LogP contribution is 2.38. The molecule has 1 aliphatic heterocycles. The van der Waals surface area contributed by atoms with Crippen molar-refractivity contribution in [2.75, 3.05) is 13.1 Å². The first-order valence-corrected chi connectivity index (χ1v) is 7.93. The molecule has 0 aliphatic carbocycles. The zero-order valence-electron chi connectivity index (χ0n) is 11.4. The summed E-state index contributed by atoms with van der Waals surface area (Å²) in [6.07, 6.45) is 9.35. The van der Waals surface area contributed by atoms with E-state index in [1.807, 2.05) is 12.4 Å². The van der Waals surface area contributed by atoms with Crippen LogP contribution in [0.15, 0.2) is 24.9 Å². The molecular formula is C14H17ClN4S. The number of likely N-dealkylation sites (tertiary alicyclic amines) is 1. The smallest absolute Gasteiger partial charge is 0.115 e. The standard InChI is InChI=1S/C14H17ClN4S/c1-14(13-18-8-12(15)20-13)2-4-19(5-3-14)9-11-6-16-10-17-7-11/h6-8,10H,2-5,9H2,1H3. The lowest BCUT2D eigenvalue weighted by atomic mass is 9.81. The largest absolute Gasteiger partial charge is 0.299 e. The molecule has 106 valence electrons. The molecule has 0 unspecified atom stereocenters. The van der Waals surface area contributed by atoms with Crippen LogP contribution in [0.2, 0.25) is 4.34 Å². The van der Waals surface area contributed by atoms with Crippen molar-refractivity contribution in [1.82, 2.24) is 19.9 Å². The van der Waals surface area contributed by atoms with Gasteiger partial charge in [0.05, 0.1) is 11.2 Å². The van der Waals surface area contributed by atoms with Gasteiger partial charge >= 0.3 is 0 Å². The molecule has 3 heterocycles. The molecule has 0 N–H and O–H groups in total. The average molecular weight is 309 g/mol. The number of halogens is 1. The molecule has 1 saturated heterocycles. The topological polar surface area (TPSA) is 41.9 Å². The van der Waals surface area contributed by atoms with E-state index >= 15 is 0 Å². The lowest BCUT2D eigenvalue weighted by molar-refractivity contribution is 0.161. The van der Waals surface area contributed by atoms with Gasteiger partial charge < -0.3 is 0 Å². The van der Waals surface area contributed by atoms with E-state index in [0.717, 1.165) is 36.8 Å². The Labute approximate surface area is 127 Å². The van der Waals surface area contributed by atoms with Crippen LogP contribution in [0.4, 0.5) is 0 Å². The van der Waals surface area contributed by atoms with Gasteiger partial charge in [-0.1, -0.05) is 18.5 Å². The second-order valence-electron chi connectivity index (χ2n) is 5.55. The highest BCUT2D eigenvalue weighted by Gasteiger charge is 2.34. The minimum Gasteiger partial charge on any atom is -0.299 e. The van der Waals surface area contributed by atoms with Crippen LogP contribution in [0.1, 0.15) is 30.3 Å².